The van der Waals surface area contributed by atoms with Gasteiger partial charge in [-0.25, -0.2) is 0 Å². The number of hydrogen-bond donors (Lipinski definition) is 0. The van der Waals surface area contributed by atoms with Crippen LogP contribution in [0.2, 0.25) is 0 Å². The maximum Gasteiger partial charge on any atom is 0.179 e. The van der Waals surface area contributed by atoms with Crippen molar-refractivity contribution in [1.82, 2.24) is 0 Å². The molecule has 0 aliphatic heterocycles. The fourth-order valence-corrected chi connectivity index (χ4v) is 30.4. The lowest BCUT2D eigenvalue weighted by Gasteiger charge is -2.35. The second-order valence-electron chi connectivity index (χ2n) is 36.6. The van der Waals surface area contributed by atoms with Gasteiger partial charge < -0.3 is 18.6 Å². The van der Waals surface area contributed by atoms with Gasteiger partial charge in [-0.15, -0.1) is 0 Å². The summed E-state index contributed by atoms with van der Waals surface area (Å²) < 4.78 is 13.9. The molecule has 0 radical (unpaired) electrons. The Hall–Kier alpha value is -14.9. The largest absolute Gasteiger partial charge is 0.454 e. The molecular formula is C124H100N2O2Si2. The fourth-order valence-electron chi connectivity index (χ4n) is 21.0. The zero-order chi connectivity index (χ0) is 88.2. The number of hydrogen-bond acceptors (Lipinski definition) is 4. The number of benzene rings is 20. The van der Waals surface area contributed by atoms with Crippen molar-refractivity contribution in [3.05, 3.63) is 457 Å². The molecule has 20 aromatic carbocycles. The maximum absolute atomic E-state index is 6.97. The smallest absolute Gasteiger partial charge is 0.179 e. The third kappa shape index (κ3) is 13.8. The lowest BCUT2D eigenvalue weighted by atomic mass is 9.81. The third-order valence-corrected chi connectivity index (χ3v) is 37.3. The Morgan fingerprint density at radius 1 is 0.208 bits per heavy atom. The van der Waals surface area contributed by atoms with Crippen molar-refractivity contribution in [2.24, 2.45) is 0 Å². The summed E-state index contributed by atoms with van der Waals surface area (Å²) >= 11 is 0. The van der Waals surface area contributed by atoms with E-state index in [4.69, 9.17) is 8.83 Å². The number of nitrogens with zero attached hydrogens (tertiary/aromatic N) is 2. The second-order valence-corrected chi connectivity index (χ2v) is 44.2. The summed E-state index contributed by atoms with van der Waals surface area (Å²) in [5.74, 6) is 0.475. The maximum atomic E-state index is 6.97. The van der Waals surface area contributed by atoms with Crippen LogP contribution in [0.3, 0.4) is 0 Å². The van der Waals surface area contributed by atoms with Gasteiger partial charge in [0.05, 0.1) is 11.4 Å². The molecule has 0 N–H and O–H groups in total. The average molecular weight is 1710 g/mol. The van der Waals surface area contributed by atoms with Crippen molar-refractivity contribution in [1.29, 1.82) is 0 Å². The van der Waals surface area contributed by atoms with E-state index >= 15 is 0 Å². The average Bonchev–Trinajstić information content (AvgIpc) is 0.904. The van der Waals surface area contributed by atoms with Crippen molar-refractivity contribution >= 4 is 168 Å². The first-order valence-electron chi connectivity index (χ1n) is 45.8. The van der Waals surface area contributed by atoms with E-state index in [2.05, 4.69) is 492 Å². The first kappa shape index (κ1) is 80.9. The molecule has 0 fully saturated rings. The van der Waals surface area contributed by atoms with Crippen LogP contribution in [0.15, 0.2) is 421 Å². The van der Waals surface area contributed by atoms with Crippen LogP contribution in [0.5, 0.6) is 0 Å². The van der Waals surface area contributed by atoms with E-state index in [0.29, 0.717) is 0 Å². The van der Waals surface area contributed by atoms with Gasteiger partial charge in [-0.3, -0.25) is 0 Å². The van der Waals surface area contributed by atoms with Gasteiger partial charge in [0, 0.05) is 44.3 Å². The Morgan fingerprint density at radius 3 is 0.785 bits per heavy atom. The highest BCUT2D eigenvalue weighted by atomic mass is 28.3. The number of aryl methyl sites for hydroxylation is 6. The zero-order valence-corrected chi connectivity index (χ0v) is 77.1. The third-order valence-electron chi connectivity index (χ3n) is 27.7. The summed E-state index contributed by atoms with van der Waals surface area (Å²) in [5, 5.41) is 22.9. The molecule has 0 saturated heterocycles. The zero-order valence-electron chi connectivity index (χ0n) is 75.1. The van der Waals surface area contributed by atoms with Crippen LogP contribution in [0.25, 0.3) is 121 Å². The van der Waals surface area contributed by atoms with Crippen LogP contribution in [0.1, 0.15) is 84.0 Å². The standard InChI is InChI=1S/C124H100N2O2Si2/c1-79(2)113-77-115(89-43-51-93(52-44-89)125(117-27-17-25-111-105-23-11-13-29-119(105)127-123(111)117)95-21-15-19-91(75-95)87-47-67-103(68-48-87)129(97-55-31-81(5)32-56-97,98-57-33-82(6)34-58-98)99-59-35-83(7)36-60-99)109-74-72-108-114(80(3)4)78-116(110-73-71-107(113)121(109)122(108)110)90-45-53-94(54-46-90)126(118-28-18-26-112-106-24-12-14-30-120(106)128-124(112)118)96-22-16-20-92(76-96)88-49-69-104(70-50-88)130(100-61-37-84(8)38-62-100,101-63-39-85(9)40-64-101)102-65-41-86(10)42-66-102/h11-80H,1-10H3. The van der Waals surface area contributed by atoms with Crippen LogP contribution in [-0.4, -0.2) is 16.1 Å². The van der Waals surface area contributed by atoms with Crippen LogP contribution in [0.4, 0.5) is 34.1 Å². The molecule has 0 bridgehead atoms. The Labute approximate surface area is 763 Å². The number of furan rings is 2. The minimum Gasteiger partial charge on any atom is -0.454 e. The molecular weight excluding hydrogens is 1610 g/mol. The van der Waals surface area contributed by atoms with Crippen LogP contribution >= 0.6 is 0 Å². The molecule has 2 heterocycles. The lowest BCUT2D eigenvalue weighted by Crippen LogP contribution is -2.74. The predicted molar refractivity (Wildman–Crippen MR) is 560 cm³/mol. The van der Waals surface area contributed by atoms with E-state index in [9.17, 15) is 0 Å². The van der Waals surface area contributed by atoms with Crippen molar-refractivity contribution in [2.45, 2.75) is 81.1 Å². The molecule has 22 rings (SSSR count). The molecule has 4 nitrogen and oxygen atoms in total. The van der Waals surface area contributed by atoms with Gasteiger partial charge in [0.15, 0.2) is 27.3 Å². The molecule has 2 aromatic heterocycles. The quantitative estimate of drug-likeness (QED) is 0.0433. The highest BCUT2D eigenvalue weighted by Crippen LogP contribution is 2.51. The van der Waals surface area contributed by atoms with Crippen molar-refractivity contribution in [3.8, 4) is 44.5 Å². The van der Waals surface area contributed by atoms with Gasteiger partial charge in [0.25, 0.3) is 0 Å². The first-order chi connectivity index (χ1) is 63.5. The van der Waals surface area contributed by atoms with Crippen molar-refractivity contribution in [3.63, 3.8) is 0 Å². The highest BCUT2D eigenvalue weighted by Gasteiger charge is 2.44. The molecule has 0 unspecified atom stereocenters. The lowest BCUT2D eigenvalue weighted by molar-refractivity contribution is 0.668. The summed E-state index contributed by atoms with van der Waals surface area (Å²) in [4.78, 5) is 4.80. The molecule has 0 aliphatic rings. The molecule has 130 heavy (non-hydrogen) atoms. The minimum atomic E-state index is -2.83. The molecule has 0 amide bonds. The monoisotopic (exact) mass is 1700 g/mol. The van der Waals surface area contributed by atoms with E-state index in [1.165, 1.54) is 129 Å². The summed E-state index contributed by atoms with van der Waals surface area (Å²) in [6, 6.07) is 157. The van der Waals surface area contributed by atoms with Gasteiger partial charge in [-0.1, -0.05) is 389 Å². The Kier molecular flexibility index (Phi) is 20.4. The molecule has 22 aromatic rings. The Bertz CT molecular complexity index is 7330. The van der Waals surface area contributed by atoms with Crippen LogP contribution in [0, 0.1) is 41.5 Å². The van der Waals surface area contributed by atoms with Crippen molar-refractivity contribution in [2.75, 3.05) is 9.80 Å². The van der Waals surface area contributed by atoms with Crippen LogP contribution < -0.4 is 51.3 Å². The van der Waals surface area contributed by atoms with E-state index in [0.717, 1.165) is 111 Å². The Balaban J connectivity index is 0.643. The molecule has 0 spiro atoms. The van der Waals surface area contributed by atoms with Gasteiger partial charge >= 0.3 is 0 Å². The fraction of sp³-hybridized carbons (Fsp3) is 0.0968. The number of rotatable bonds is 20. The number of fused-ring (bicyclic) bond motifs is 6. The Morgan fingerprint density at radius 2 is 0.477 bits per heavy atom. The minimum absolute atomic E-state index is 0.237. The van der Waals surface area contributed by atoms with E-state index in [-0.39, 0.29) is 11.8 Å². The van der Waals surface area contributed by atoms with E-state index < -0.39 is 16.1 Å². The normalized spacial score (nSPS) is 12.1. The SMILES string of the molecule is Cc1ccc([Si](c2ccc(C)cc2)(c2ccc(C)cc2)c2ccc(-c3cccc(N(c4ccc(-c5cc(C(C)C)c6ccc7c(-c8ccc(N(c9cccc(-c%10ccc([Si](c%11ccc(C)cc%11)(c%11ccc(C)cc%11)c%11ccc(C)cc%11)cc%10)c9)c9cccc%10c9oc9ccccc9%10)cc8)cc(C(C)C)c8ccc5c6c78)cc4)c4cccc5c4oc4ccccc45)c3)cc2)cc1. The molecule has 6 heteroatoms. The summed E-state index contributed by atoms with van der Waals surface area (Å²) in [6.45, 7) is 22.5. The van der Waals surface area contributed by atoms with E-state index in [1.807, 2.05) is 0 Å². The van der Waals surface area contributed by atoms with Gasteiger partial charge in [0.1, 0.15) is 11.2 Å². The number of para-hydroxylation sites is 4. The highest BCUT2D eigenvalue weighted by molar-refractivity contribution is 7.20. The topological polar surface area (TPSA) is 32.8 Å². The van der Waals surface area contributed by atoms with E-state index in [1.54, 1.807) is 0 Å². The second kappa shape index (κ2) is 32.7. The summed E-state index contributed by atoms with van der Waals surface area (Å²) in [5.41, 5.74) is 28.9. The molecule has 0 aliphatic carbocycles. The summed E-state index contributed by atoms with van der Waals surface area (Å²) in [6.07, 6.45) is 0. The first-order valence-corrected chi connectivity index (χ1v) is 49.8. The molecule has 0 saturated carbocycles. The summed E-state index contributed by atoms with van der Waals surface area (Å²) in [7, 11) is -5.65. The predicted octanol–water partition coefficient (Wildman–Crippen LogP) is 28.8. The van der Waals surface area contributed by atoms with Gasteiger partial charge in [0.2, 0.25) is 0 Å². The van der Waals surface area contributed by atoms with Crippen molar-refractivity contribution < 1.29 is 8.83 Å². The van der Waals surface area contributed by atoms with Gasteiger partial charge in [-0.2, -0.15) is 0 Å². The molecule has 626 valence electrons. The molecule has 0 atom stereocenters. The van der Waals surface area contributed by atoms with Gasteiger partial charge in [-0.05, 0) is 268 Å². The number of anilines is 6. The van der Waals surface area contributed by atoms with Crippen LogP contribution in [-0.2, 0) is 0 Å².